The molecule has 0 aliphatic carbocycles. The zero-order chi connectivity index (χ0) is 41.2. The molecule has 1 aliphatic rings. The van der Waals surface area contributed by atoms with Crippen LogP contribution in [0.5, 0.6) is 11.5 Å². The second kappa shape index (κ2) is 19.1. The molecule has 2 N–H and O–H groups in total. The number of carbonyl (C=O) groups is 6. The lowest BCUT2D eigenvalue weighted by Gasteiger charge is -2.49. The third-order valence-electron chi connectivity index (χ3n) is 8.34. The highest BCUT2D eigenvalue weighted by Crippen LogP contribution is 2.37. The lowest BCUT2D eigenvalue weighted by atomic mass is 9.88. The number of amides is 1. The van der Waals surface area contributed by atoms with Gasteiger partial charge in [-0.25, -0.2) is 4.79 Å². The summed E-state index contributed by atoms with van der Waals surface area (Å²) in [5, 5.41) is 13.9. The number of methoxy groups -OCH3 is 1. The minimum absolute atomic E-state index is 0.0158. The minimum Gasteiger partial charge on any atom is -0.497 e. The number of carbonyl (C=O) groups excluding carboxylic acids is 6. The first-order chi connectivity index (χ1) is 26.5. The van der Waals surface area contributed by atoms with Gasteiger partial charge in [-0.15, -0.1) is 0 Å². The van der Waals surface area contributed by atoms with Crippen LogP contribution in [0, 0.1) is 0 Å². The zero-order valence-corrected chi connectivity index (χ0v) is 31.5. The van der Waals surface area contributed by atoms with E-state index in [9.17, 15) is 38.7 Å². The smallest absolute Gasteiger partial charge is 0.336 e. The topological polar surface area (TPSA) is 239 Å². The van der Waals surface area contributed by atoms with Crippen molar-refractivity contribution in [1.29, 1.82) is 0 Å². The van der Waals surface area contributed by atoms with Crippen molar-refractivity contribution < 1.29 is 76.2 Å². The molecular weight excluding hydrogens is 742 g/mol. The number of nitrogens with one attached hydrogen (secondary N) is 1. The Balaban J connectivity index is 1.79. The van der Waals surface area contributed by atoms with Crippen molar-refractivity contribution in [3.63, 3.8) is 0 Å². The van der Waals surface area contributed by atoms with Gasteiger partial charge in [-0.1, -0.05) is 12.1 Å². The summed E-state index contributed by atoms with van der Waals surface area (Å²) in [6.07, 6.45) is -7.12. The summed E-state index contributed by atoms with van der Waals surface area (Å²) in [7, 11) is 1.50. The number of fused-ring (bicyclic) bond motifs is 1. The van der Waals surface area contributed by atoms with Gasteiger partial charge in [0.1, 0.15) is 35.9 Å². The fraction of sp³-hybridized carbons (Fsp3) is 0.447. The van der Waals surface area contributed by atoms with Gasteiger partial charge in [-0.05, 0) is 35.4 Å². The lowest BCUT2D eigenvalue weighted by Crippen LogP contribution is -2.68. The number of rotatable bonds is 16. The van der Waals surface area contributed by atoms with Crippen LogP contribution in [-0.2, 0) is 70.2 Å². The van der Waals surface area contributed by atoms with Gasteiger partial charge in [0.25, 0.3) is 0 Å². The van der Waals surface area contributed by atoms with E-state index in [1.165, 1.54) is 32.2 Å². The SMILES string of the molecule is COc1ccc(CO[C@]2(CO)C[C@H](OC(C)=O)[C@@H](NC(=O)Cc3cc(=O)oc4cc(OC(C)=O)ccc34)[C@H]([C@H](OC(C)=O)[C@@H](COC(C)=O)OC(C)=O)O2)cc1. The molecule has 1 aromatic heterocycles. The Morgan fingerprint density at radius 2 is 1.55 bits per heavy atom. The molecule has 4 rings (SSSR count). The summed E-state index contributed by atoms with van der Waals surface area (Å²) >= 11 is 0. The molecule has 0 radical (unpaired) electrons. The highest BCUT2D eigenvalue weighted by molar-refractivity contribution is 5.88. The van der Waals surface area contributed by atoms with E-state index >= 15 is 0 Å². The number of esters is 5. The van der Waals surface area contributed by atoms with Crippen molar-refractivity contribution in [2.24, 2.45) is 0 Å². The van der Waals surface area contributed by atoms with Crippen LogP contribution in [0.15, 0.2) is 57.7 Å². The van der Waals surface area contributed by atoms with E-state index in [0.29, 0.717) is 16.7 Å². The number of ether oxygens (including phenoxy) is 8. The standard InChI is InChI=1S/C38H43NO17/c1-20(41)49-18-32(53-23(4)44)36(54-24(5)45)37-35(39-33(46)13-26-14-34(47)55-30-15-28(51-21(2)42)11-12-29(26)30)31(52-22(3)43)16-38(19-40,56-37)50-17-25-7-9-27(48-6)10-8-25/h7-12,14-15,31-32,35-37,40H,13,16-19H2,1-6H3,(H,39,46)/t31-,32+,35+,36+,37+,38+/m0/s1. The molecule has 1 amide bonds. The van der Waals surface area contributed by atoms with E-state index in [2.05, 4.69) is 5.32 Å². The number of aliphatic hydroxyl groups excluding tert-OH is 1. The average Bonchev–Trinajstić information content (AvgIpc) is 3.11. The molecule has 0 spiro atoms. The van der Waals surface area contributed by atoms with E-state index < -0.39 is 97.3 Å². The van der Waals surface area contributed by atoms with Crippen molar-refractivity contribution in [1.82, 2.24) is 5.32 Å². The fourth-order valence-electron chi connectivity index (χ4n) is 6.12. The van der Waals surface area contributed by atoms with Gasteiger partial charge < -0.3 is 52.7 Å². The Morgan fingerprint density at radius 3 is 2.14 bits per heavy atom. The van der Waals surface area contributed by atoms with Gasteiger partial charge in [0.2, 0.25) is 5.91 Å². The molecule has 2 heterocycles. The summed E-state index contributed by atoms with van der Waals surface area (Å²) in [4.78, 5) is 87.4. The third-order valence-corrected chi connectivity index (χ3v) is 8.34. The quantitative estimate of drug-likeness (QED) is 0.0911. The highest BCUT2D eigenvalue weighted by Gasteiger charge is 2.55. The van der Waals surface area contributed by atoms with Crippen LogP contribution in [0.1, 0.15) is 52.2 Å². The van der Waals surface area contributed by atoms with Crippen LogP contribution in [0.25, 0.3) is 11.0 Å². The second-order valence-corrected chi connectivity index (χ2v) is 12.8. The molecule has 1 saturated heterocycles. The normalized spacial score (nSPS) is 20.2. The molecule has 18 heteroatoms. The predicted octanol–water partition coefficient (Wildman–Crippen LogP) is 1.81. The van der Waals surface area contributed by atoms with Gasteiger partial charge in [-0.3, -0.25) is 28.8 Å². The molecule has 3 aromatic rings. The third kappa shape index (κ3) is 11.8. The predicted molar refractivity (Wildman–Crippen MR) is 190 cm³/mol. The molecule has 1 aliphatic heterocycles. The van der Waals surface area contributed by atoms with Crippen molar-refractivity contribution >= 4 is 46.7 Å². The van der Waals surface area contributed by atoms with E-state index in [-0.39, 0.29) is 29.9 Å². The maximum atomic E-state index is 14.0. The lowest BCUT2D eigenvalue weighted by molar-refractivity contribution is -0.335. The second-order valence-electron chi connectivity index (χ2n) is 12.8. The first-order valence-corrected chi connectivity index (χ1v) is 17.3. The van der Waals surface area contributed by atoms with Crippen LogP contribution in [0.3, 0.4) is 0 Å². The van der Waals surface area contributed by atoms with Crippen LogP contribution in [0.4, 0.5) is 0 Å². The average molecular weight is 786 g/mol. The maximum Gasteiger partial charge on any atom is 0.336 e. The monoisotopic (exact) mass is 785 g/mol. The zero-order valence-electron chi connectivity index (χ0n) is 31.5. The van der Waals surface area contributed by atoms with Gasteiger partial charge >= 0.3 is 35.5 Å². The first kappa shape index (κ1) is 42.9. The van der Waals surface area contributed by atoms with Gasteiger partial charge in [0.15, 0.2) is 18.0 Å². The van der Waals surface area contributed by atoms with Crippen molar-refractivity contribution in [2.75, 3.05) is 20.3 Å². The molecule has 6 atom stereocenters. The van der Waals surface area contributed by atoms with E-state index in [4.69, 9.17) is 42.3 Å². The summed E-state index contributed by atoms with van der Waals surface area (Å²) in [6.45, 7) is 3.83. The summed E-state index contributed by atoms with van der Waals surface area (Å²) < 4.78 is 50.0. The number of hydrogen-bond donors (Lipinski definition) is 2. The molecule has 56 heavy (non-hydrogen) atoms. The molecule has 0 saturated carbocycles. The molecule has 0 unspecified atom stereocenters. The maximum absolute atomic E-state index is 14.0. The van der Waals surface area contributed by atoms with Gasteiger partial charge in [-0.2, -0.15) is 0 Å². The Morgan fingerprint density at radius 1 is 0.875 bits per heavy atom. The van der Waals surface area contributed by atoms with Gasteiger partial charge in [0.05, 0.1) is 32.8 Å². The van der Waals surface area contributed by atoms with Crippen LogP contribution in [-0.4, -0.2) is 97.4 Å². The van der Waals surface area contributed by atoms with Crippen LogP contribution in [0.2, 0.25) is 0 Å². The van der Waals surface area contributed by atoms with Crippen molar-refractivity contribution in [3.8, 4) is 11.5 Å². The Bertz CT molecular complexity index is 1970. The molecule has 302 valence electrons. The fourth-order valence-corrected chi connectivity index (χ4v) is 6.12. The van der Waals surface area contributed by atoms with E-state index in [0.717, 1.165) is 33.8 Å². The summed E-state index contributed by atoms with van der Waals surface area (Å²) in [6, 6.07) is 10.6. The number of hydrogen-bond acceptors (Lipinski definition) is 17. The van der Waals surface area contributed by atoms with Gasteiger partial charge in [0, 0.05) is 58.6 Å². The molecule has 0 bridgehead atoms. The highest BCUT2D eigenvalue weighted by atomic mass is 16.7. The summed E-state index contributed by atoms with van der Waals surface area (Å²) in [5.41, 5.74) is 0.00415. The number of aliphatic hydroxyl groups is 1. The van der Waals surface area contributed by atoms with Crippen molar-refractivity contribution in [2.45, 2.75) is 90.3 Å². The minimum atomic E-state index is -2.00. The molecular formula is C38H43NO17. The van der Waals surface area contributed by atoms with E-state index in [1.54, 1.807) is 24.3 Å². The summed E-state index contributed by atoms with van der Waals surface area (Å²) in [5.74, 6) is -6.09. The Kier molecular flexibility index (Phi) is 14.7. The largest absolute Gasteiger partial charge is 0.497 e. The van der Waals surface area contributed by atoms with Crippen LogP contribution >= 0.6 is 0 Å². The first-order valence-electron chi connectivity index (χ1n) is 17.3. The van der Waals surface area contributed by atoms with Crippen molar-refractivity contribution in [3.05, 3.63) is 70.1 Å². The molecule has 1 fully saturated rings. The Hall–Kier alpha value is -5.85. The van der Waals surface area contributed by atoms with E-state index in [1.807, 2.05) is 0 Å². The Labute approximate surface area is 320 Å². The van der Waals surface area contributed by atoms with Crippen LogP contribution < -0.4 is 20.4 Å². The molecule has 2 aromatic carbocycles. The number of benzene rings is 2. The molecule has 18 nitrogen and oxygen atoms in total.